The van der Waals surface area contributed by atoms with Crippen molar-refractivity contribution in [2.75, 3.05) is 18.9 Å². The van der Waals surface area contributed by atoms with E-state index in [1.54, 1.807) is 37.4 Å². The lowest BCUT2D eigenvalue weighted by molar-refractivity contribution is -0.116. The maximum Gasteiger partial charge on any atom is 0.272 e. The number of para-hydroxylation sites is 1. The normalized spacial score (nSPS) is 10.5. The molecule has 1 aromatic heterocycles. The fraction of sp³-hybridized carbons (Fsp3) is 0.105. The number of fused-ring (bicyclic) bond motifs is 1. The highest BCUT2D eigenvalue weighted by Crippen LogP contribution is 2.14. The Labute approximate surface area is 150 Å². The third kappa shape index (κ3) is 4.14. The average Bonchev–Trinajstić information content (AvgIpc) is 2.62. The highest BCUT2D eigenvalue weighted by molar-refractivity contribution is 6.30. The van der Waals surface area contributed by atoms with E-state index in [0.717, 1.165) is 10.9 Å². The Morgan fingerprint density at radius 1 is 1.04 bits per heavy atom. The molecule has 0 unspecified atom stereocenters. The molecule has 0 fully saturated rings. The number of likely N-dealkylation sites (N-methyl/N-ethyl adjacent to an activating group) is 1. The van der Waals surface area contributed by atoms with Crippen LogP contribution in [0.25, 0.3) is 10.9 Å². The average molecular weight is 354 g/mol. The molecule has 2 aromatic carbocycles. The van der Waals surface area contributed by atoms with Crippen LogP contribution in [0.4, 0.5) is 5.69 Å². The smallest absolute Gasteiger partial charge is 0.272 e. The standard InChI is InChI=1S/C19H16ClN3O2/c1-23(12-18(24)21-15-9-7-14(20)8-10-15)19(25)17-11-6-13-4-2-3-5-16(13)22-17/h2-11H,12H2,1H3,(H,21,24). The number of carbonyl (C=O) groups is 2. The Bertz CT molecular complexity index is 925. The number of hydrogen-bond acceptors (Lipinski definition) is 3. The molecule has 126 valence electrons. The van der Waals surface area contributed by atoms with Crippen LogP contribution in [0.2, 0.25) is 5.02 Å². The van der Waals surface area contributed by atoms with Crippen molar-refractivity contribution in [3.8, 4) is 0 Å². The van der Waals surface area contributed by atoms with E-state index in [1.807, 2.05) is 30.3 Å². The Kier molecular flexibility index (Phi) is 4.95. The molecular weight excluding hydrogens is 338 g/mol. The van der Waals surface area contributed by atoms with Gasteiger partial charge in [-0.1, -0.05) is 35.9 Å². The molecule has 2 amide bonds. The van der Waals surface area contributed by atoms with Crippen molar-refractivity contribution in [1.82, 2.24) is 9.88 Å². The van der Waals surface area contributed by atoms with E-state index in [1.165, 1.54) is 4.90 Å². The number of pyridine rings is 1. The molecule has 1 N–H and O–H groups in total. The van der Waals surface area contributed by atoms with E-state index in [2.05, 4.69) is 10.3 Å². The minimum Gasteiger partial charge on any atom is -0.331 e. The summed E-state index contributed by atoms with van der Waals surface area (Å²) in [5.41, 5.74) is 1.67. The third-order valence-corrected chi connectivity index (χ3v) is 3.92. The predicted molar refractivity (Wildman–Crippen MR) is 98.8 cm³/mol. The van der Waals surface area contributed by atoms with Gasteiger partial charge >= 0.3 is 0 Å². The molecule has 5 nitrogen and oxygen atoms in total. The van der Waals surface area contributed by atoms with Crippen LogP contribution in [0.15, 0.2) is 60.7 Å². The van der Waals surface area contributed by atoms with Crippen LogP contribution in [-0.2, 0) is 4.79 Å². The largest absolute Gasteiger partial charge is 0.331 e. The van der Waals surface area contributed by atoms with Crippen molar-refractivity contribution in [1.29, 1.82) is 0 Å². The Morgan fingerprint density at radius 3 is 2.52 bits per heavy atom. The quantitative estimate of drug-likeness (QED) is 0.779. The maximum atomic E-state index is 12.5. The molecule has 25 heavy (non-hydrogen) atoms. The minimum absolute atomic E-state index is 0.0734. The van der Waals surface area contributed by atoms with Gasteiger partial charge in [0.15, 0.2) is 0 Å². The molecular formula is C19H16ClN3O2. The van der Waals surface area contributed by atoms with Crippen molar-refractivity contribution in [2.45, 2.75) is 0 Å². The summed E-state index contributed by atoms with van der Waals surface area (Å²) in [6.07, 6.45) is 0. The molecule has 1 heterocycles. The van der Waals surface area contributed by atoms with Gasteiger partial charge in [-0.25, -0.2) is 4.98 Å². The highest BCUT2D eigenvalue weighted by atomic mass is 35.5. The summed E-state index contributed by atoms with van der Waals surface area (Å²) in [5.74, 6) is -0.601. The summed E-state index contributed by atoms with van der Waals surface area (Å²) in [5, 5.41) is 4.27. The zero-order valence-electron chi connectivity index (χ0n) is 13.6. The van der Waals surface area contributed by atoms with E-state index in [4.69, 9.17) is 11.6 Å². The number of amides is 2. The number of rotatable bonds is 4. The van der Waals surface area contributed by atoms with E-state index >= 15 is 0 Å². The third-order valence-electron chi connectivity index (χ3n) is 3.67. The van der Waals surface area contributed by atoms with Crippen LogP contribution >= 0.6 is 11.6 Å². The summed E-state index contributed by atoms with van der Waals surface area (Å²) < 4.78 is 0. The second-order valence-corrected chi connectivity index (χ2v) is 6.04. The first-order valence-corrected chi connectivity index (χ1v) is 8.07. The number of halogens is 1. The van der Waals surface area contributed by atoms with Gasteiger partial charge in [-0.15, -0.1) is 0 Å². The lowest BCUT2D eigenvalue weighted by Crippen LogP contribution is -2.35. The molecule has 0 bridgehead atoms. The van der Waals surface area contributed by atoms with Gasteiger partial charge in [0, 0.05) is 23.1 Å². The van der Waals surface area contributed by atoms with Gasteiger partial charge in [-0.05, 0) is 36.4 Å². The summed E-state index contributed by atoms with van der Waals surface area (Å²) in [6, 6.07) is 17.8. The number of anilines is 1. The summed E-state index contributed by atoms with van der Waals surface area (Å²) in [7, 11) is 1.57. The van der Waals surface area contributed by atoms with Gasteiger partial charge < -0.3 is 10.2 Å². The van der Waals surface area contributed by atoms with Crippen LogP contribution < -0.4 is 5.32 Å². The number of nitrogens with one attached hydrogen (secondary N) is 1. The van der Waals surface area contributed by atoms with Crippen molar-refractivity contribution < 1.29 is 9.59 Å². The molecule has 0 spiro atoms. The van der Waals surface area contributed by atoms with Crippen LogP contribution in [-0.4, -0.2) is 35.3 Å². The zero-order chi connectivity index (χ0) is 17.8. The van der Waals surface area contributed by atoms with Crippen molar-refractivity contribution in [3.63, 3.8) is 0 Å². The topological polar surface area (TPSA) is 62.3 Å². The van der Waals surface area contributed by atoms with Gasteiger partial charge in [0.1, 0.15) is 5.69 Å². The van der Waals surface area contributed by atoms with E-state index in [0.29, 0.717) is 16.4 Å². The minimum atomic E-state index is -0.308. The second kappa shape index (κ2) is 7.32. The molecule has 0 aliphatic heterocycles. The van der Waals surface area contributed by atoms with E-state index < -0.39 is 0 Å². The van der Waals surface area contributed by atoms with Crippen molar-refractivity contribution in [2.24, 2.45) is 0 Å². The van der Waals surface area contributed by atoms with Crippen LogP contribution in [0, 0.1) is 0 Å². The number of benzene rings is 2. The maximum absolute atomic E-state index is 12.5. The van der Waals surface area contributed by atoms with Gasteiger partial charge in [0.05, 0.1) is 12.1 Å². The fourth-order valence-corrected chi connectivity index (χ4v) is 2.53. The summed E-state index contributed by atoms with van der Waals surface area (Å²) >= 11 is 5.81. The Hall–Kier alpha value is -2.92. The number of aromatic nitrogens is 1. The molecule has 0 aliphatic carbocycles. The lowest BCUT2D eigenvalue weighted by atomic mass is 10.2. The molecule has 0 atom stereocenters. The van der Waals surface area contributed by atoms with Crippen LogP contribution in [0.5, 0.6) is 0 Å². The van der Waals surface area contributed by atoms with Crippen LogP contribution in [0.3, 0.4) is 0 Å². The highest BCUT2D eigenvalue weighted by Gasteiger charge is 2.16. The molecule has 6 heteroatoms. The molecule has 3 rings (SSSR count). The predicted octanol–water partition coefficient (Wildman–Crippen LogP) is 3.60. The van der Waals surface area contributed by atoms with Crippen molar-refractivity contribution in [3.05, 3.63) is 71.4 Å². The van der Waals surface area contributed by atoms with Gasteiger partial charge in [0.2, 0.25) is 5.91 Å². The summed E-state index contributed by atoms with van der Waals surface area (Å²) in [6.45, 7) is -0.0734. The van der Waals surface area contributed by atoms with Gasteiger partial charge in [-0.3, -0.25) is 9.59 Å². The van der Waals surface area contributed by atoms with Gasteiger partial charge in [-0.2, -0.15) is 0 Å². The van der Waals surface area contributed by atoms with Crippen molar-refractivity contribution >= 4 is 40.0 Å². The van der Waals surface area contributed by atoms with E-state index in [9.17, 15) is 9.59 Å². The molecule has 0 saturated carbocycles. The SMILES string of the molecule is CN(CC(=O)Nc1ccc(Cl)cc1)C(=O)c1ccc2ccccc2n1. The first-order valence-electron chi connectivity index (χ1n) is 7.69. The monoisotopic (exact) mass is 353 g/mol. The second-order valence-electron chi connectivity index (χ2n) is 5.61. The molecule has 0 saturated heterocycles. The van der Waals surface area contributed by atoms with E-state index in [-0.39, 0.29) is 18.4 Å². The summed E-state index contributed by atoms with van der Waals surface area (Å²) in [4.78, 5) is 30.3. The first kappa shape index (κ1) is 16.9. The Morgan fingerprint density at radius 2 is 1.76 bits per heavy atom. The van der Waals surface area contributed by atoms with Crippen LogP contribution in [0.1, 0.15) is 10.5 Å². The fourth-order valence-electron chi connectivity index (χ4n) is 2.40. The molecule has 0 aliphatic rings. The molecule has 3 aromatic rings. The molecule has 0 radical (unpaired) electrons. The lowest BCUT2D eigenvalue weighted by Gasteiger charge is -2.16. The number of hydrogen-bond donors (Lipinski definition) is 1. The Balaban J connectivity index is 1.66. The number of carbonyl (C=O) groups excluding carboxylic acids is 2. The zero-order valence-corrected chi connectivity index (χ0v) is 14.3. The number of nitrogens with zero attached hydrogens (tertiary/aromatic N) is 2. The van der Waals surface area contributed by atoms with Gasteiger partial charge in [0.25, 0.3) is 5.91 Å². The first-order chi connectivity index (χ1) is 12.0.